The van der Waals surface area contributed by atoms with Gasteiger partial charge in [0.1, 0.15) is 0 Å². The number of aliphatic hydroxyl groups excluding tert-OH is 1. The van der Waals surface area contributed by atoms with Crippen LogP contribution in [-0.2, 0) is 10.0 Å². The fraction of sp³-hybridized carbons (Fsp3) is 0.600. The third-order valence-electron chi connectivity index (χ3n) is 3.90. The Kier molecular flexibility index (Phi) is 5.75. The Bertz CT molecular complexity index is 525. The molecule has 1 aliphatic rings. The molecule has 0 spiro atoms. The van der Waals surface area contributed by atoms with Crippen LogP contribution in [0.3, 0.4) is 0 Å². The van der Waals surface area contributed by atoms with E-state index < -0.39 is 10.0 Å². The van der Waals surface area contributed by atoms with Crippen molar-refractivity contribution in [3.8, 4) is 0 Å². The van der Waals surface area contributed by atoms with Crippen LogP contribution in [0.15, 0.2) is 35.2 Å². The van der Waals surface area contributed by atoms with Gasteiger partial charge in [0, 0.05) is 12.6 Å². The minimum atomic E-state index is -3.42. The molecule has 118 valence electrons. The Morgan fingerprint density at radius 2 is 1.90 bits per heavy atom. The van der Waals surface area contributed by atoms with Crippen LogP contribution in [0.5, 0.6) is 0 Å². The predicted octanol–water partition coefficient (Wildman–Crippen LogP) is 1.20. The van der Waals surface area contributed by atoms with Gasteiger partial charge in [-0.25, -0.2) is 13.1 Å². The zero-order valence-electron chi connectivity index (χ0n) is 12.4. The lowest BCUT2D eigenvalue weighted by atomic mass is 10.1. The zero-order valence-corrected chi connectivity index (χ0v) is 13.2. The van der Waals surface area contributed by atoms with Gasteiger partial charge in [0.25, 0.3) is 0 Å². The highest BCUT2D eigenvalue weighted by atomic mass is 32.2. The van der Waals surface area contributed by atoms with E-state index in [0.29, 0.717) is 11.4 Å². The number of hydrogen-bond acceptors (Lipinski definition) is 4. The molecule has 1 saturated heterocycles. The van der Waals surface area contributed by atoms with Crippen LogP contribution < -0.4 is 4.72 Å². The summed E-state index contributed by atoms with van der Waals surface area (Å²) in [5.74, 6) is 0. The Balaban J connectivity index is 1.86. The first-order valence-electron chi connectivity index (χ1n) is 7.49. The maximum Gasteiger partial charge on any atom is 0.240 e. The first-order valence-corrected chi connectivity index (χ1v) is 8.97. The third-order valence-corrected chi connectivity index (χ3v) is 5.44. The number of rotatable bonds is 6. The van der Waals surface area contributed by atoms with Crippen molar-refractivity contribution in [1.29, 1.82) is 0 Å². The maximum atomic E-state index is 12.2. The monoisotopic (exact) mass is 312 g/mol. The second-order valence-electron chi connectivity index (χ2n) is 5.57. The highest BCUT2D eigenvalue weighted by Crippen LogP contribution is 2.15. The molecule has 0 saturated carbocycles. The highest BCUT2D eigenvalue weighted by molar-refractivity contribution is 7.89. The minimum absolute atomic E-state index is 0.0229. The van der Waals surface area contributed by atoms with Gasteiger partial charge in [-0.3, -0.25) is 0 Å². The van der Waals surface area contributed by atoms with Crippen LogP contribution in [-0.4, -0.2) is 50.2 Å². The quantitative estimate of drug-likeness (QED) is 0.828. The maximum absolute atomic E-state index is 12.2. The smallest absolute Gasteiger partial charge is 0.240 e. The number of sulfonamides is 1. The molecule has 2 rings (SSSR count). The average Bonchev–Trinajstić information content (AvgIpc) is 2.50. The largest absolute Gasteiger partial charge is 0.392 e. The molecule has 1 aromatic carbocycles. The summed E-state index contributed by atoms with van der Waals surface area (Å²) < 4.78 is 27.3. The van der Waals surface area contributed by atoms with Gasteiger partial charge in [-0.05, 0) is 44.5 Å². The van der Waals surface area contributed by atoms with E-state index in [0.717, 1.165) is 32.4 Å². The molecule has 2 N–H and O–H groups in total. The van der Waals surface area contributed by atoms with Crippen LogP contribution in [0, 0.1) is 0 Å². The summed E-state index contributed by atoms with van der Waals surface area (Å²) in [5, 5.41) is 9.66. The van der Waals surface area contributed by atoms with Gasteiger partial charge in [-0.1, -0.05) is 25.1 Å². The van der Waals surface area contributed by atoms with E-state index in [1.807, 2.05) is 6.92 Å². The Labute approximate surface area is 127 Å². The number of β-amino-alcohol motifs (C(OH)–C–C–N with tert-alkyl or cyclic N) is 1. The van der Waals surface area contributed by atoms with E-state index in [4.69, 9.17) is 0 Å². The first-order chi connectivity index (χ1) is 10.0. The minimum Gasteiger partial charge on any atom is -0.392 e. The summed E-state index contributed by atoms with van der Waals surface area (Å²) >= 11 is 0. The molecule has 0 aliphatic carbocycles. The van der Waals surface area contributed by atoms with Crippen molar-refractivity contribution in [2.75, 3.05) is 19.6 Å². The lowest BCUT2D eigenvalue weighted by Crippen LogP contribution is -2.46. The standard InChI is InChI=1S/C15H24N2O3S/c1-2-14(18)12-17-10-8-13(9-11-17)16-21(19,20)15-6-4-3-5-7-15/h3-7,13-14,16,18H,2,8-12H2,1H3. The molecule has 0 bridgehead atoms. The second-order valence-corrected chi connectivity index (χ2v) is 7.29. The van der Waals surface area contributed by atoms with Crippen molar-refractivity contribution in [3.63, 3.8) is 0 Å². The number of nitrogens with zero attached hydrogens (tertiary/aromatic N) is 1. The third kappa shape index (κ3) is 4.78. The van der Waals surface area contributed by atoms with E-state index in [1.54, 1.807) is 30.3 Å². The summed E-state index contributed by atoms with van der Waals surface area (Å²) in [6.45, 7) is 4.28. The topological polar surface area (TPSA) is 69.6 Å². The van der Waals surface area contributed by atoms with Crippen molar-refractivity contribution in [2.45, 2.75) is 43.2 Å². The van der Waals surface area contributed by atoms with Gasteiger partial charge >= 0.3 is 0 Å². The molecule has 5 nitrogen and oxygen atoms in total. The fourth-order valence-electron chi connectivity index (χ4n) is 2.55. The van der Waals surface area contributed by atoms with Gasteiger partial charge in [-0.2, -0.15) is 0 Å². The lowest BCUT2D eigenvalue weighted by Gasteiger charge is -2.33. The number of benzene rings is 1. The molecule has 21 heavy (non-hydrogen) atoms. The van der Waals surface area contributed by atoms with Crippen molar-refractivity contribution in [3.05, 3.63) is 30.3 Å². The van der Waals surface area contributed by atoms with Crippen molar-refractivity contribution < 1.29 is 13.5 Å². The number of hydrogen-bond donors (Lipinski definition) is 2. The van der Waals surface area contributed by atoms with Crippen molar-refractivity contribution in [2.24, 2.45) is 0 Å². The van der Waals surface area contributed by atoms with Gasteiger partial charge in [0.2, 0.25) is 10.0 Å². The summed E-state index contributed by atoms with van der Waals surface area (Å²) in [6.07, 6.45) is 2.02. The van der Waals surface area contributed by atoms with E-state index in [-0.39, 0.29) is 12.1 Å². The molecule has 0 aromatic heterocycles. The molecule has 1 unspecified atom stereocenters. The van der Waals surface area contributed by atoms with Crippen molar-refractivity contribution in [1.82, 2.24) is 9.62 Å². The molecule has 1 fully saturated rings. The van der Waals surface area contributed by atoms with E-state index >= 15 is 0 Å². The molecule has 1 aliphatic heterocycles. The van der Waals surface area contributed by atoms with Crippen LogP contribution in [0.2, 0.25) is 0 Å². The van der Waals surface area contributed by atoms with Gasteiger partial charge in [0.15, 0.2) is 0 Å². The van der Waals surface area contributed by atoms with Crippen LogP contribution in [0.25, 0.3) is 0 Å². The molecule has 1 aromatic rings. The normalized spacial score (nSPS) is 19.5. The number of aliphatic hydroxyl groups is 1. The zero-order chi connectivity index (χ0) is 15.3. The van der Waals surface area contributed by atoms with Gasteiger partial charge < -0.3 is 10.0 Å². The highest BCUT2D eigenvalue weighted by Gasteiger charge is 2.25. The second kappa shape index (κ2) is 7.35. The number of likely N-dealkylation sites (tertiary alicyclic amines) is 1. The molecular weight excluding hydrogens is 288 g/mol. The Morgan fingerprint density at radius 3 is 2.48 bits per heavy atom. The van der Waals surface area contributed by atoms with Crippen LogP contribution in [0.1, 0.15) is 26.2 Å². The fourth-order valence-corrected chi connectivity index (χ4v) is 3.87. The molecule has 0 amide bonds. The van der Waals surface area contributed by atoms with Gasteiger partial charge in [0.05, 0.1) is 11.0 Å². The Hall–Kier alpha value is -0.950. The van der Waals surface area contributed by atoms with Crippen LogP contribution in [0.4, 0.5) is 0 Å². The molecule has 1 atom stereocenters. The number of nitrogens with one attached hydrogen (secondary N) is 1. The van der Waals surface area contributed by atoms with Crippen molar-refractivity contribution >= 4 is 10.0 Å². The van der Waals surface area contributed by atoms with Crippen LogP contribution >= 0.6 is 0 Å². The summed E-state index contributed by atoms with van der Waals surface area (Å²) in [6, 6.07) is 8.44. The van der Waals surface area contributed by atoms with E-state index in [2.05, 4.69) is 9.62 Å². The SMILES string of the molecule is CCC(O)CN1CCC(NS(=O)(=O)c2ccccc2)CC1. The average molecular weight is 312 g/mol. The first kappa shape index (κ1) is 16.4. The molecule has 1 heterocycles. The Morgan fingerprint density at radius 1 is 1.29 bits per heavy atom. The molecule has 0 radical (unpaired) electrons. The molecular formula is C15H24N2O3S. The van der Waals surface area contributed by atoms with E-state index in [9.17, 15) is 13.5 Å². The lowest BCUT2D eigenvalue weighted by molar-refractivity contribution is 0.0935. The number of piperidine rings is 1. The van der Waals surface area contributed by atoms with E-state index in [1.165, 1.54) is 0 Å². The summed E-state index contributed by atoms with van der Waals surface area (Å²) in [4.78, 5) is 2.51. The van der Waals surface area contributed by atoms with Gasteiger partial charge in [-0.15, -0.1) is 0 Å². The predicted molar refractivity (Wildman–Crippen MR) is 82.5 cm³/mol. The summed E-state index contributed by atoms with van der Waals surface area (Å²) in [5.41, 5.74) is 0. The molecule has 6 heteroatoms. The summed E-state index contributed by atoms with van der Waals surface area (Å²) in [7, 11) is -3.42.